The number of likely N-dealkylation sites (N-methyl/N-ethyl adjacent to an activating group) is 2. The number of nitrogens with zero attached hydrogens (tertiary/aromatic N) is 2. The number of aliphatic carboxylic acids is 1. The number of carboxylic acid groups (broad SMARTS) is 1. The topological polar surface area (TPSA) is 125 Å². The van der Waals surface area contributed by atoms with E-state index in [1.54, 1.807) is 7.05 Å². The van der Waals surface area contributed by atoms with E-state index in [1.807, 2.05) is 71.9 Å². The molecule has 10 heteroatoms. The normalized spacial score (nSPS) is 15.2. The second-order valence-corrected chi connectivity index (χ2v) is 10.8. The van der Waals surface area contributed by atoms with Gasteiger partial charge in [0.2, 0.25) is 11.8 Å². The molecular weight excluding hydrogens is 502 g/mol. The van der Waals surface area contributed by atoms with Gasteiger partial charge in [0.25, 0.3) is 0 Å². The highest BCUT2D eigenvalue weighted by molar-refractivity contribution is 5.91. The highest BCUT2D eigenvalue weighted by Crippen LogP contribution is 2.23. The fourth-order valence-corrected chi connectivity index (χ4v) is 4.73. The van der Waals surface area contributed by atoms with Crippen LogP contribution < -0.4 is 5.32 Å². The predicted molar refractivity (Wildman–Crippen MR) is 149 cm³/mol. The van der Waals surface area contributed by atoms with Crippen LogP contribution in [0.5, 0.6) is 0 Å². The van der Waals surface area contributed by atoms with Crippen LogP contribution in [0.25, 0.3) is 0 Å². The summed E-state index contributed by atoms with van der Waals surface area (Å²) in [4.78, 5) is 54.3. The Hall–Kier alpha value is -3.14. The maximum atomic E-state index is 13.7. The first-order valence-corrected chi connectivity index (χ1v) is 13.5. The first-order valence-electron chi connectivity index (χ1n) is 13.5. The Morgan fingerprint density at radius 3 is 2.00 bits per heavy atom. The van der Waals surface area contributed by atoms with Crippen LogP contribution in [0, 0.1) is 17.8 Å². The number of methoxy groups -OCH3 is 1. The summed E-state index contributed by atoms with van der Waals surface area (Å²) in [5, 5.41) is 12.2. The molecule has 0 bridgehead atoms. The smallest absolute Gasteiger partial charge is 0.410 e. The third-order valence-corrected chi connectivity index (χ3v) is 7.12. The molecule has 0 fully saturated rings. The van der Waals surface area contributed by atoms with Crippen molar-refractivity contribution in [2.75, 3.05) is 21.2 Å². The number of amides is 3. The lowest BCUT2D eigenvalue weighted by atomic mass is 9.90. The Morgan fingerprint density at radius 2 is 1.54 bits per heavy atom. The molecule has 2 N–H and O–H groups in total. The lowest BCUT2D eigenvalue weighted by Crippen LogP contribution is -2.60. The summed E-state index contributed by atoms with van der Waals surface area (Å²) in [6, 6.07) is 6.95. The highest BCUT2D eigenvalue weighted by Gasteiger charge is 2.39. The molecule has 5 atom stereocenters. The van der Waals surface area contributed by atoms with E-state index in [0.717, 1.165) is 5.56 Å². The van der Waals surface area contributed by atoms with Crippen molar-refractivity contribution in [3.63, 3.8) is 0 Å². The summed E-state index contributed by atoms with van der Waals surface area (Å²) in [6.07, 6.45) is -0.923. The number of hydrogen-bond acceptors (Lipinski definition) is 6. The number of carbonyl (C=O) groups is 4. The van der Waals surface area contributed by atoms with Crippen molar-refractivity contribution in [3.8, 4) is 0 Å². The maximum Gasteiger partial charge on any atom is 0.410 e. The van der Waals surface area contributed by atoms with Crippen LogP contribution in [0.2, 0.25) is 0 Å². The molecule has 0 aromatic heterocycles. The Morgan fingerprint density at radius 1 is 0.949 bits per heavy atom. The van der Waals surface area contributed by atoms with Crippen LogP contribution in [0.1, 0.15) is 59.9 Å². The van der Waals surface area contributed by atoms with Crippen LogP contribution in [-0.4, -0.2) is 84.2 Å². The summed E-state index contributed by atoms with van der Waals surface area (Å²) < 4.78 is 10.9. The van der Waals surface area contributed by atoms with Crippen molar-refractivity contribution in [3.05, 3.63) is 35.9 Å². The molecule has 10 nitrogen and oxygen atoms in total. The van der Waals surface area contributed by atoms with E-state index in [9.17, 15) is 24.3 Å². The molecule has 3 amide bonds. The molecule has 0 unspecified atom stereocenters. The first-order chi connectivity index (χ1) is 18.3. The van der Waals surface area contributed by atoms with Crippen molar-refractivity contribution >= 4 is 23.9 Å². The fourth-order valence-electron chi connectivity index (χ4n) is 4.73. The van der Waals surface area contributed by atoms with Gasteiger partial charge < -0.3 is 24.8 Å². The summed E-state index contributed by atoms with van der Waals surface area (Å²) >= 11 is 0. The van der Waals surface area contributed by atoms with E-state index >= 15 is 0 Å². The lowest BCUT2D eigenvalue weighted by Gasteiger charge is -2.40. The molecule has 0 saturated heterocycles. The first kappa shape index (κ1) is 33.9. The van der Waals surface area contributed by atoms with Gasteiger partial charge in [-0.15, -0.1) is 0 Å². The Kier molecular flexibility index (Phi) is 14.0. The zero-order valence-electron chi connectivity index (χ0n) is 24.8. The SMILES string of the molecule is CC[C@H](C)[C@@H]([C@@H](CC(=O)O)OC)N(C)C(=O)[C@@H](NC(=O)[C@H](C(C)C)N(C)C(=O)OCc1ccccc1)C(C)C. The van der Waals surface area contributed by atoms with Crippen molar-refractivity contribution < 1.29 is 33.8 Å². The molecule has 0 aliphatic heterocycles. The number of rotatable bonds is 15. The number of nitrogens with one attached hydrogen (secondary N) is 1. The molecule has 0 saturated carbocycles. The molecule has 0 spiro atoms. The summed E-state index contributed by atoms with van der Waals surface area (Å²) in [5.41, 5.74) is 0.825. The van der Waals surface area contributed by atoms with Crippen LogP contribution in [0.15, 0.2) is 30.3 Å². The molecule has 0 aliphatic rings. The molecule has 1 rings (SSSR count). The summed E-state index contributed by atoms with van der Waals surface area (Å²) in [7, 11) is 4.55. The molecular formula is C29H47N3O7. The summed E-state index contributed by atoms with van der Waals surface area (Å²) in [6.45, 7) is 11.3. The van der Waals surface area contributed by atoms with Gasteiger partial charge in [-0.2, -0.15) is 0 Å². The van der Waals surface area contributed by atoms with Crippen molar-refractivity contribution in [2.24, 2.45) is 17.8 Å². The molecule has 1 aromatic carbocycles. The zero-order chi connectivity index (χ0) is 29.9. The largest absolute Gasteiger partial charge is 0.481 e. The van der Waals surface area contributed by atoms with Crippen molar-refractivity contribution in [1.82, 2.24) is 15.1 Å². The lowest BCUT2D eigenvalue weighted by molar-refractivity contribution is -0.148. The monoisotopic (exact) mass is 549 g/mol. The Bertz CT molecular complexity index is 938. The van der Waals surface area contributed by atoms with Gasteiger partial charge in [0.05, 0.1) is 18.6 Å². The van der Waals surface area contributed by atoms with E-state index < -0.39 is 42.2 Å². The summed E-state index contributed by atoms with van der Waals surface area (Å²) in [5.74, 6) is -2.44. The van der Waals surface area contributed by atoms with E-state index in [2.05, 4.69) is 5.32 Å². The van der Waals surface area contributed by atoms with E-state index in [-0.39, 0.29) is 36.7 Å². The molecule has 39 heavy (non-hydrogen) atoms. The average Bonchev–Trinajstić information content (AvgIpc) is 2.89. The van der Waals surface area contributed by atoms with Crippen molar-refractivity contribution in [2.45, 2.75) is 85.2 Å². The zero-order valence-corrected chi connectivity index (χ0v) is 24.8. The standard InChI is InChI=1S/C29H47N3O7/c1-10-20(6)26(22(38-9)16-23(33)34)31(7)28(36)24(18(2)3)30-27(35)25(19(4)5)32(8)29(37)39-17-21-14-12-11-13-15-21/h11-15,18-20,22,24-26H,10,16-17H2,1-9H3,(H,30,35)(H,33,34)/t20-,22+,24-,25-,26-/m0/s1. The highest BCUT2D eigenvalue weighted by atomic mass is 16.6. The van der Waals surface area contributed by atoms with E-state index in [1.165, 1.54) is 24.0 Å². The maximum absolute atomic E-state index is 13.7. The quantitative estimate of drug-likeness (QED) is 0.341. The molecule has 0 aliphatic carbocycles. The fraction of sp³-hybridized carbons (Fsp3) is 0.655. The Balaban J connectivity index is 3.12. The van der Waals surface area contributed by atoms with Crippen molar-refractivity contribution in [1.29, 1.82) is 0 Å². The van der Waals surface area contributed by atoms with Gasteiger partial charge in [-0.3, -0.25) is 19.3 Å². The third-order valence-electron chi connectivity index (χ3n) is 7.12. The number of benzene rings is 1. The van der Waals surface area contributed by atoms with E-state index in [0.29, 0.717) is 6.42 Å². The molecule has 0 radical (unpaired) electrons. The second kappa shape index (κ2) is 16.1. The van der Waals surface area contributed by atoms with Crippen LogP contribution in [-0.2, 0) is 30.5 Å². The van der Waals surface area contributed by atoms with Crippen LogP contribution in [0.4, 0.5) is 4.79 Å². The Labute approximate surface area is 233 Å². The van der Waals surface area contributed by atoms with Gasteiger partial charge >= 0.3 is 12.1 Å². The number of carbonyl (C=O) groups excluding carboxylic acids is 3. The average molecular weight is 550 g/mol. The van der Waals surface area contributed by atoms with Gasteiger partial charge in [-0.05, 0) is 23.3 Å². The minimum atomic E-state index is -1.02. The molecule has 220 valence electrons. The minimum Gasteiger partial charge on any atom is -0.481 e. The van der Waals surface area contributed by atoms with Gasteiger partial charge in [-0.1, -0.05) is 78.3 Å². The van der Waals surface area contributed by atoms with Gasteiger partial charge in [-0.25, -0.2) is 4.79 Å². The van der Waals surface area contributed by atoms with Gasteiger partial charge in [0.1, 0.15) is 18.7 Å². The van der Waals surface area contributed by atoms with E-state index in [4.69, 9.17) is 9.47 Å². The number of ether oxygens (including phenoxy) is 2. The number of hydrogen-bond donors (Lipinski definition) is 2. The predicted octanol–water partition coefficient (Wildman–Crippen LogP) is 3.78. The third kappa shape index (κ3) is 9.84. The molecule has 1 aromatic rings. The van der Waals surface area contributed by atoms with Gasteiger partial charge in [0.15, 0.2) is 0 Å². The van der Waals surface area contributed by atoms with Crippen LogP contribution in [0.3, 0.4) is 0 Å². The van der Waals surface area contributed by atoms with Crippen LogP contribution >= 0.6 is 0 Å². The van der Waals surface area contributed by atoms with Gasteiger partial charge in [0, 0.05) is 21.2 Å². The second-order valence-electron chi connectivity index (χ2n) is 10.8. The minimum absolute atomic E-state index is 0.0549. The molecule has 0 heterocycles. The number of carboxylic acids is 1.